The molecule has 2 fully saturated rings. The van der Waals surface area contributed by atoms with Crippen LogP contribution in [-0.4, -0.2) is 35.6 Å². The number of amides is 1. The van der Waals surface area contributed by atoms with Crippen molar-refractivity contribution in [3.05, 3.63) is 34.4 Å². The lowest BCUT2D eigenvalue weighted by molar-refractivity contribution is -0.384. The first-order chi connectivity index (χ1) is 10.6. The summed E-state index contributed by atoms with van der Waals surface area (Å²) in [4.78, 5) is 22.1. The van der Waals surface area contributed by atoms with Gasteiger partial charge in [0.05, 0.1) is 11.0 Å². The van der Waals surface area contributed by atoms with Gasteiger partial charge in [-0.25, -0.2) is 0 Å². The van der Waals surface area contributed by atoms with Crippen LogP contribution in [0.2, 0.25) is 0 Å². The van der Waals surface area contributed by atoms with Crippen molar-refractivity contribution in [3.8, 4) is 5.75 Å². The predicted octanol–water partition coefficient (Wildman–Crippen LogP) is 1.79. The number of carbonyl (C=O) groups is 1. The van der Waals surface area contributed by atoms with Crippen LogP contribution in [0.3, 0.4) is 0 Å². The molecule has 0 aromatic heterocycles. The summed E-state index contributed by atoms with van der Waals surface area (Å²) in [6.07, 6.45) is 4.28. The molecule has 126 valence electrons. The maximum atomic E-state index is 11.9. The average Bonchev–Trinajstić information content (AvgIpc) is 2.84. The highest BCUT2D eigenvalue weighted by molar-refractivity contribution is 5.85. The van der Waals surface area contributed by atoms with Gasteiger partial charge in [-0.3, -0.25) is 14.9 Å². The van der Waals surface area contributed by atoms with Crippen molar-refractivity contribution in [1.29, 1.82) is 0 Å². The molecular weight excluding hydrogens is 322 g/mol. The number of rotatable bonds is 5. The van der Waals surface area contributed by atoms with Gasteiger partial charge in [0.15, 0.2) is 6.61 Å². The van der Waals surface area contributed by atoms with Crippen molar-refractivity contribution in [2.24, 2.45) is 0 Å². The van der Waals surface area contributed by atoms with E-state index in [9.17, 15) is 14.9 Å². The highest BCUT2D eigenvalue weighted by Crippen LogP contribution is 2.26. The number of hydrogen-bond donors (Lipinski definition) is 2. The van der Waals surface area contributed by atoms with Crippen LogP contribution < -0.4 is 15.4 Å². The Kier molecular flexibility index (Phi) is 5.79. The summed E-state index contributed by atoms with van der Waals surface area (Å²) in [5.74, 6) is 0.146. The summed E-state index contributed by atoms with van der Waals surface area (Å²) in [6, 6.07) is 7.07. The van der Waals surface area contributed by atoms with Gasteiger partial charge >= 0.3 is 0 Å². The number of carbonyl (C=O) groups excluding carboxylic acids is 1. The van der Waals surface area contributed by atoms with Crippen molar-refractivity contribution in [1.82, 2.24) is 10.6 Å². The molecule has 2 unspecified atom stereocenters. The van der Waals surface area contributed by atoms with Gasteiger partial charge in [-0.1, -0.05) is 6.07 Å². The normalized spacial score (nSPS) is 25.3. The average molecular weight is 342 g/mol. The number of ether oxygens (including phenoxy) is 1. The van der Waals surface area contributed by atoms with Gasteiger partial charge in [0.2, 0.25) is 0 Å². The zero-order valence-corrected chi connectivity index (χ0v) is 13.4. The number of nitrogens with zero attached hydrogens (tertiary/aromatic N) is 1. The van der Waals surface area contributed by atoms with E-state index in [2.05, 4.69) is 10.6 Å². The Labute approximate surface area is 140 Å². The Morgan fingerprint density at radius 3 is 2.70 bits per heavy atom. The number of hydrogen-bond acceptors (Lipinski definition) is 5. The van der Waals surface area contributed by atoms with Crippen LogP contribution in [0.15, 0.2) is 24.3 Å². The Morgan fingerprint density at radius 1 is 1.35 bits per heavy atom. The molecule has 2 atom stereocenters. The molecule has 0 radical (unpaired) electrons. The Hall–Kier alpha value is -1.86. The molecule has 8 heteroatoms. The third-order valence-electron chi connectivity index (χ3n) is 4.24. The lowest BCUT2D eigenvalue weighted by Crippen LogP contribution is -2.48. The SMILES string of the molecule is Cl.O=C(COc1cccc([N+](=O)[O-])c1)NC1CC2CCC(C1)N2. The van der Waals surface area contributed by atoms with E-state index in [1.165, 1.54) is 31.0 Å². The number of fused-ring (bicyclic) bond motifs is 2. The standard InChI is InChI=1S/C15H19N3O4.ClH/c19-15(17-12-6-10-4-5-11(7-12)16-10)9-22-14-3-1-2-13(8-14)18(20)21;/h1-3,8,10-12,16H,4-7,9H2,(H,17,19);1H. The molecule has 7 nitrogen and oxygen atoms in total. The third-order valence-corrected chi connectivity index (χ3v) is 4.24. The van der Waals surface area contributed by atoms with Gasteiger partial charge in [-0.05, 0) is 31.7 Å². The van der Waals surface area contributed by atoms with Crippen molar-refractivity contribution >= 4 is 24.0 Å². The molecule has 2 saturated heterocycles. The number of benzene rings is 1. The van der Waals surface area contributed by atoms with E-state index in [0.29, 0.717) is 17.8 Å². The van der Waals surface area contributed by atoms with Gasteiger partial charge in [-0.15, -0.1) is 12.4 Å². The van der Waals surface area contributed by atoms with Crippen molar-refractivity contribution in [2.45, 2.75) is 43.8 Å². The van der Waals surface area contributed by atoms with Crippen LogP contribution in [0.4, 0.5) is 5.69 Å². The summed E-state index contributed by atoms with van der Waals surface area (Å²) >= 11 is 0. The van der Waals surface area contributed by atoms with E-state index in [4.69, 9.17) is 4.74 Å². The molecular formula is C15H20ClN3O4. The van der Waals surface area contributed by atoms with Crippen LogP contribution in [0.25, 0.3) is 0 Å². The van der Waals surface area contributed by atoms with E-state index in [1.807, 2.05) is 0 Å². The monoisotopic (exact) mass is 341 g/mol. The molecule has 1 aromatic rings. The van der Waals surface area contributed by atoms with Crippen LogP contribution in [0, 0.1) is 10.1 Å². The van der Waals surface area contributed by atoms with E-state index in [0.717, 1.165) is 12.8 Å². The van der Waals surface area contributed by atoms with Gasteiger partial charge in [0.25, 0.3) is 11.6 Å². The zero-order valence-electron chi connectivity index (χ0n) is 12.6. The van der Waals surface area contributed by atoms with Gasteiger partial charge in [0.1, 0.15) is 5.75 Å². The quantitative estimate of drug-likeness (QED) is 0.629. The van der Waals surface area contributed by atoms with Crippen molar-refractivity contribution in [3.63, 3.8) is 0 Å². The summed E-state index contributed by atoms with van der Waals surface area (Å²) in [6.45, 7) is -0.125. The molecule has 3 rings (SSSR count). The Bertz CT molecular complexity index is 572. The van der Waals surface area contributed by atoms with E-state index in [1.54, 1.807) is 6.07 Å². The molecule has 23 heavy (non-hydrogen) atoms. The first-order valence-corrected chi connectivity index (χ1v) is 7.53. The largest absolute Gasteiger partial charge is 0.484 e. The number of nitro benzene ring substituents is 1. The summed E-state index contributed by atoms with van der Waals surface area (Å²) < 4.78 is 5.34. The number of nitrogens with one attached hydrogen (secondary N) is 2. The molecule has 1 aromatic carbocycles. The highest BCUT2D eigenvalue weighted by Gasteiger charge is 2.33. The number of piperidine rings is 1. The minimum atomic E-state index is -0.488. The Morgan fingerprint density at radius 2 is 2.04 bits per heavy atom. The first-order valence-electron chi connectivity index (χ1n) is 7.53. The summed E-state index contributed by atoms with van der Waals surface area (Å²) in [5.41, 5.74) is -0.0483. The molecule has 1 amide bonds. The molecule has 2 heterocycles. The predicted molar refractivity (Wildman–Crippen MR) is 86.9 cm³/mol. The second kappa shape index (κ2) is 7.61. The number of non-ortho nitro benzene ring substituents is 1. The fraction of sp³-hybridized carbons (Fsp3) is 0.533. The smallest absolute Gasteiger partial charge is 0.273 e. The van der Waals surface area contributed by atoms with Gasteiger partial charge in [-0.2, -0.15) is 0 Å². The molecule has 0 saturated carbocycles. The lowest BCUT2D eigenvalue weighted by atomic mass is 10.00. The fourth-order valence-corrected chi connectivity index (χ4v) is 3.28. The minimum Gasteiger partial charge on any atom is -0.484 e. The molecule has 2 aliphatic heterocycles. The Balaban J connectivity index is 0.00000192. The van der Waals surface area contributed by atoms with Crippen molar-refractivity contribution < 1.29 is 14.5 Å². The lowest BCUT2D eigenvalue weighted by Gasteiger charge is -2.29. The topological polar surface area (TPSA) is 93.5 Å². The van der Waals surface area contributed by atoms with E-state index >= 15 is 0 Å². The highest BCUT2D eigenvalue weighted by atomic mass is 35.5. The number of nitro groups is 1. The summed E-state index contributed by atoms with van der Waals surface area (Å²) in [5, 5.41) is 17.2. The number of halogens is 1. The molecule has 2 N–H and O–H groups in total. The second-order valence-corrected chi connectivity index (χ2v) is 5.92. The zero-order chi connectivity index (χ0) is 15.5. The van der Waals surface area contributed by atoms with Crippen LogP contribution in [-0.2, 0) is 4.79 Å². The minimum absolute atomic E-state index is 0. The second-order valence-electron chi connectivity index (χ2n) is 5.92. The van der Waals surface area contributed by atoms with E-state index < -0.39 is 4.92 Å². The molecule has 0 aliphatic carbocycles. The van der Waals surface area contributed by atoms with Crippen LogP contribution in [0.5, 0.6) is 5.75 Å². The van der Waals surface area contributed by atoms with Gasteiger partial charge < -0.3 is 15.4 Å². The summed E-state index contributed by atoms with van der Waals surface area (Å²) in [7, 11) is 0. The molecule has 2 bridgehead atoms. The molecule has 2 aliphatic rings. The van der Waals surface area contributed by atoms with Crippen LogP contribution in [0.1, 0.15) is 25.7 Å². The third kappa shape index (κ3) is 4.56. The van der Waals surface area contributed by atoms with Gasteiger partial charge in [0, 0.05) is 24.2 Å². The fourth-order valence-electron chi connectivity index (χ4n) is 3.28. The van der Waals surface area contributed by atoms with Crippen molar-refractivity contribution in [2.75, 3.05) is 6.61 Å². The maximum Gasteiger partial charge on any atom is 0.273 e. The molecule has 0 spiro atoms. The van der Waals surface area contributed by atoms with E-state index in [-0.39, 0.29) is 36.7 Å². The first kappa shape index (κ1) is 17.5. The maximum absolute atomic E-state index is 11.9. The van der Waals surface area contributed by atoms with Crippen LogP contribution >= 0.6 is 12.4 Å².